The maximum Gasteiger partial charge on any atom is 0.338 e. The van der Waals surface area contributed by atoms with Crippen molar-refractivity contribution in [2.75, 3.05) is 6.61 Å². The van der Waals surface area contributed by atoms with Crippen LogP contribution in [0.5, 0.6) is 0 Å². The van der Waals surface area contributed by atoms with Crippen LogP contribution < -0.4 is 0 Å². The number of carbonyl (C=O) groups excluding carboxylic acids is 2. The van der Waals surface area contributed by atoms with Crippen LogP contribution in [-0.2, 0) is 14.2 Å². The summed E-state index contributed by atoms with van der Waals surface area (Å²) in [5, 5.41) is 1.07. The van der Waals surface area contributed by atoms with E-state index >= 15 is 0 Å². The molecule has 2 aromatic carbocycles. The van der Waals surface area contributed by atoms with Crippen LogP contribution in [0, 0.1) is 0 Å². The van der Waals surface area contributed by atoms with Gasteiger partial charge in [-0.2, -0.15) is 0 Å². The van der Waals surface area contributed by atoms with Crippen LogP contribution in [0.2, 0.25) is 10.0 Å². The summed E-state index contributed by atoms with van der Waals surface area (Å²) in [5.74, 6) is -0.957. The Kier molecular flexibility index (Phi) is 6.37. The Morgan fingerprint density at radius 3 is 2.04 bits per heavy atom. The van der Waals surface area contributed by atoms with E-state index in [4.69, 9.17) is 37.4 Å². The van der Waals surface area contributed by atoms with Crippen molar-refractivity contribution in [2.24, 2.45) is 0 Å². The fraction of sp³-hybridized carbons (Fsp3) is 0.300. The highest BCUT2D eigenvalue weighted by Gasteiger charge is 2.37. The minimum Gasteiger partial charge on any atom is -0.459 e. The van der Waals surface area contributed by atoms with Crippen LogP contribution in [-0.4, -0.2) is 36.9 Å². The molecule has 3 rings (SSSR count). The molecule has 0 amide bonds. The summed E-state index contributed by atoms with van der Waals surface area (Å²) >= 11 is 11.6. The van der Waals surface area contributed by atoms with Crippen molar-refractivity contribution in [2.45, 2.75) is 31.7 Å². The minimum absolute atomic E-state index is 0.00956. The minimum atomic E-state index is -0.521. The number of rotatable bonds is 5. The van der Waals surface area contributed by atoms with Gasteiger partial charge in [0.05, 0.1) is 17.2 Å². The molecule has 7 heteroatoms. The highest BCUT2D eigenvalue weighted by atomic mass is 35.5. The summed E-state index contributed by atoms with van der Waals surface area (Å²) in [6.07, 6.45) is -0.594. The van der Waals surface area contributed by atoms with E-state index in [1.165, 1.54) is 0 Å². The fourth-order valence-corrected chi connectivity index (χ4v) is 3.06. The molecule has 27 heavy (non-hydrogen) atoms. The van der Waals surface area contributed by atoms with E-state index in [2.05, 4.69) is 0 Å². The van der Waals surface area contributed by atoms with Gasteiger partial charge in [-0.3, -0.25) is 0 Å². The Hall–Kier alpha value is -2.08. The average molecular weight is 409 g/mol. The van der Waals surface area contributed by atoms with Crippen LogP contribution >= 0.6 is 23.2 Å². The average Bonchev–Trinajstić information content (AvgIpc) is 3.00. The third-order valence-electron chi connectivity index (χ3n) is 4.18. The van der Waals surface area contributed by atoms with Crippen molar-refractivity contribution in [1.29, 1.82) is 0 Å². The van der Waals surface area contributed by atoms with Crippen molar-refractivity contribution in [3.63, 3.8) is 0 Å². The van der Waals surface area contributed by atoms with Gasteiger partial charge < -0.3 is 14.2 Å². The number of hydrogen-bond donors (Lipinski definition) is 0. The molecule has 0 aliphatic carbocycles. The molecule has 1 fully saturated rings. The van der Waals surface area contributed by atoms with Gasteiger partial charge in [0.2, 0.25) is 0 Å². The zero-order valence-electron chi connectivity index (χ0n) is 14.6. The number of esters is 2. The number of ether oxygens (including phenoxy) is 3. The Morgan fingerprint density at radius 2 is 1.48 bits per heavy atom. The van der Waals surface area contributed by atoms with Crippen molar-refractivity contribution in [3.8, 4) is 0 Å². The van der Waals surface area contributed by atoms with Crippen LogP contribution in [0.15, 0.2) is 48.5 Å². The molecule has 1 aliphatic rings. The van der Waals surface area contributed by atoms with Crippen molar-refractivity contribution >= 4 is 35.1 Å². The Balaban J connectivity index is 1.58. The molecule has 0 saturated carbocycles. The lowest BCUT2D eigenvalue weighted by atomic mass is 10.1. The molecule has 0 spiro atoms. The molecule has 3 atom stereocenters. The van der Waals surface area contributed by atoms with Crippen LogP contribution in [0.25, 0.3) is 0 Å². The summed E-state index contributed by atoms with van der Waals surface area (Å²) in [6, 6.07) is 12.8. The maximum atomic E-state index is 12.3. The van der Waals surface area contributed by atoms with E-state index in [1.54, 1.807) is 48.5 Å². The summed E-state index contributed by atoms with van der Waals surface area (Å²) in [4.78, 5) is 24.4. The van der Waals surface area contributed by atoms with Gasteiger partial charge in [-0.15, -0.1) is 0 Å². The molecule has 0 radical (unpaired) electrons. The topological polar surface area (TPSA) is 61.8 Å². The van der Waals surface area contributed by atoms with Gasteiger partial charge in [0, 0.05) is 16.5 Å². The molecule has 0 bridgehead atoms. The third-order valence-corrected chi connectivity index (χ3v) is 4.69. The van der Waals surface area contributed by atoms with Crippen LogP contribution in [0.4, 0.5) is 0 Å². The first kappa shape index (κ1) is 19.7. The first-order chi connectivity index (χ1) is 12.9. The third kappa shape index (κ3) is 5.22. The molecular weight excluding hydrogens is 391 g/mol. The summed E-state index contributed by atoms with van der Waals surface area (Å²) < 4.78 is 16.6. The Bertz CT molecular complexity index is 804. The van der Waals surface area contributed by atoms with Gasteiger partial charge >= 0.3 is 11.9 Å². The smallest absolute Gasteiger partial charge is 0.338 e. The first-order valence-electron chi connectivity index (χ1n) is 8.47. The first-order valence-corrected chi connectivity index (χ1v) is 9.22. The predicted octanol–water partition coefficient (Wildman–Crippen LogP) is 4.55. The molecular formula is C20H18Cl2O5. The zero-order valence-corrected chi connectivity index (χ0v) is 16.1. The highest BCUT2D eigenvalue weighted by molar-refractivity contribution is 6.30. The quantitative estimate of drug-likeness (QED) is 0.678. The Morgan fingerprint density at radius 1 is 0.963 bits per heavy atom. The summed E-state index contributed by atoms with van der Waals surface area (Å²) in [5.41, 5.74) is 0.788. The zero-order chi connectivity index (χ0) is 19.4. The number of hydrogen-bond acceptors (Lipinski definition) is 5. The molecule has 0 N–H and O–H groups in total. The number of carbonyl (C=O) groups is 2. The molecule has 1 saturated heterocycles. The van der Waals surface area contributed by atoms with E-state index in [-0.39, 0.29) is 12.7 Å². The predicted molar refractivity (Wildman–Crippen MR) is 101 cm³/mol. The van der Waals surface area contributed by atoms with Gasteiger partial charge in [0.15, 0.2) is 0 Å². The van der Waals surface area contributed by atoms with E-state index in [1.807, 2.05) is 6.92 Å². The lowest BCUT2D eigenvalue weighted by molar-refractivity contribution is -0.0394. The van der Waals surface area contributed by atoms with Gasteiger partial charge in [0.1, 0.15) is 18.8 Å². The molecule has 1 heterocycles. The Labute approximate surface area is 167 Å². The fourth-order valence-electron chi connectivity index (χ4n) is 2.81. The van der Waals surface area contributed by atoms with Gasteiger partial charge in [-0.05, 0) is 55.5 Å². The van der Waals surface area contributed by atoms with Gasteiger partial charge in [-0.25, -0.2) is 9.59 Å². The number of halogens is 2. The molecule has 5 nitrogen and oxygen atoms in total. The van der Waals surface area contributed by atoms with E-state index in [9.17, 15) is 9.59 Å². The van der Waals surface area contributed by atoms with Crippen molar-refractivity contribution in [3.05, 3.63) is 69.7 Å². The standard InChI is InChI=1S/C20H18Cl2O5/c1-12-10-17(27-20(24)14-4-8-16(22)9-5-14)18(26-12)11-25-19(23)13-2-6-15(21)7-3-13/h2-9,12,17-18H,10-11H2,1H3/t12-,17+,18-/m1/s1. The summed E-state index contributed by atoms with van der Waals surface area (Å²) in [6.45, 7) is 1.87. The summed E-state index contributed by atoms with van der Waals surface area (Å²) in [7, 11) is 0. The van der Waals surface area contributed by atoms with Crippen molar-refractivity contribution < 1.29 is 23.8 Å². The monoisotopic (exact) mass is 408 g/mol. The largest absolute Gasteiger partial charge is 0.459 e. The molecule has 2 aromatic rings. The lowest BCUT2D eigenvalue weighted by Crippen LogP contribution is -2.32. The second-order valence-corrected chi connectivity index (χ2v) is 7.15. The molecule has 142 valence electrons. The highest BCUT2D eigenvalue weighted by Crippen LogP contribution is 2.25. The van der Waals surface area contributed by atoms with E-state index < -0.39 is 24.1 Å². The second kappa shape index (κ2) is 8.74. The molecule has 0 unspecified atom stereocenters. The molecule has 0 aromatic heterocycles. The SMILES string of the molecule is C[C@@H]1C[C@H](OC(=O)c2ccc(Cl)cc2)[C@@H](COC(=O)c2ccc(Cl)cc2)O1. The van der Waals surface area contributed by atoms with Gasteiger partial charge in [0.25, 0.3) is 0 Å². The van der Waals surface area contributed by atoms with Crippen LogP contribution in [0.1, 0.15) is 34.1 Å². The van der Waals surface area contributed by atoms with E-state index in [0.717, 1.165) is 0 Å². The van der Waals surface area contributed by atoms with Crippen LogP contribution in [0.3, 0.4) is 0 Å². The van der Waals surface area contributed by atoms with Crippen molar-refractivity contribution in [1.82, 2.24) is 0 Å². The number of benzene rings is 2. The normalized spacial score (nSPS) is 21.7. The van der Waals surface area contributed by atoms with E-state index in [0.29, 0.717) is 27.6 Å². The molecule has 1 aliphatic heterocycles. The lowest BCUT2D eigenvalue weighted by Gasteiger charge is -2.19. The maximum absolute atomic E-state index is 12.3. The van der Waals surface area contributed by atoms with Gasteiger partial charge in [-0.1, -0.05) is 23.2 Å². The second-order valence-electron chi connectivity index (χ2n) is 6.28.